The Kier molecular flexibility index (Phi) is 21.7. The molecule has 1 saturated heterocycles. The molecule has 2 aromatic rings. The average molecular weight is 952 g/mol. The van der Waals surface area contributed by atoms with E-state index in [4.69, 9.17) is 9.47 Å². The van der Waals surface area contributed by atoms with Gasteiger partial charge in [-0.15, -0.1) is 0 Å². The zero-order valence-corrected chi connectivity index (χ0v) is 40.4. The molecule has 1 fully saturated rings. The van der Waals surface area contributed by atoms with Crippen LogP contribution in [0.1, 0.15) is 71.4 Å². The molecule has 9 unspecified atom stereocenters. The van der Waals surface area contributed by atoms with Gasteiger partial charge in [0.25, 0.3) is 5.91 Å². The van der Waals surface area contributed by atoms with E-state index in [1.165, 1.54) is 38.5 Å². The highest BCUT2D eigenvalue weighted by molar-refractivity contribution is 7.82. The van der Waals surface area contributed by atoms with Gasteiger partial charge in [0, 0.05) is 39.9 Å². The molecule has 16 nitrogen and oxygen atoms in total. The number of rotatable bonds is 24. The molecule has 3 rings (SSSR count). The van der Waals surface area contributed by atoms with Crippen LogP contribution in [0.3, 0.4) is 0 Å². The molecule has 4 N–H and O–H groups in total. The van der Waals surface area contributed by atoms with Crippen LogP contribution in [0.5, 0.6) is 0 Å². The molecule has 0 spiro atoms. The lowest BCUT2D eigenvalue weighted by atomic mass is 9.90. The number of methoxy groups -OCH3 is 2. The second-order valence-electron chi connectivity index (χ2n) is 17.4. The van der Waals surface area contributed by atoms with E-state index in [2.05, 4.69) is 15.4 Å². The zero-order valence-electron chi connectivity index (χ0n) is 39.6. The number of carbonyl (C=O) groups is 6. The molecule has 0 bridgehead atoms. The van der Waals surface area contributed by atoms with Crippen LogP contribution in [-0.2, 0) is 61.4 Å². The minimum absolute atomic E-state index is 0.0164. The highest BCUT2D eigenvalue weighted by Crippen LogP contribution is 2.29. The van der Waals surface area contributed by atoms with Crippen molar-refractivity contribution in [3.63, 3.8) is 0 Å². The van der Waals surface area contributed by atoms with Gasteiger partial charge in [-0.3, -0.25) is 38.4 Å². The van der Waals surface area contributed by atoms with E-state index in [1.54, 1.807) is 78.4 Å². The van der Waals surface area contributed by atoms with Crippen LogP contribution >= 0.6 is 0 Å². The lowest BCUT2D eigenvalue weighted by Crippen LogP contribution is -2.55. The molecular formula is C46H68F3N7O9S. The van der Waals surface area contributed by atoms with Crippen molar-refractivity contribution in [2.75, 3.05) is 53.8 Å². The SMILES string of the molecule is CCC(C)C(C(CC(=O)N1CCCC1C(OC)C(C)C(=O)NC(Cc1ccccc1)C(=O)NS(=O)Cc1ccc(NC(=O)C(F)(F)F)cc1)OC)N(C)C(=O)CNC(=O)C(C(C)C)N(C)C. The molecular weight excluding hydrogens is 884 g/mol. The normalized spacial score (nSPS) is 17.7. The monoisotopic (exact) mass is 951 g/mol. The zero-order chi connectivity index (χ0) is 49.5. The predicted molar refractivity (Wildman–Crippen MR) is 245 cm³/mol. The number of nitrogens with zero attached hydrogens (tertiary/aromatic N) is 3. The topological polar surface area (TPSA) is 196 Å². The quantitative estimate of drug-likeness (QED) is 0.120. The predicted octanol–water partition coefficient (Wildman–Crippen LogP) is 3.82. The summed E-state index contributed by atoms with van der Waals surface area (Å²) in [6.45, 7) is 9.62. The number of carbonyl (C=O) groups excluding carboxylic acids is 6. The molecule has 66 heavy (non-hydrogen) atoms. The molecule has 2 aromatic carbocycles. The average Bonchev–Trinajstić information content (AvgIpc) is 3.75. The van der Waals surface area contributed by atoms with Crippen molar-refractivity contribution < 1.29 is 55.6 Å². The molecule has 1 aliphatic rings. The summed E-state index contributed by atoms with van der Waals surface area (Å²) in [5.74, 6) is -5.46. The number of likely N-dealkylation sites (N-methyl/N-ethyl adjacent to an activating group) is 2. The lowest BCUT2D eigenvalue weighted by Gasteiger charge is -2.39. The summed E-state index contributed by atoms with van der Waals surface area (Å²) in [7, 11) is 6.17. The highest BCUT2D eigenvalue weighted by Gasteiger charge is 2.43. The van der Waals surface area contributed by atoms with Gasteiger partial charge in [0.15, 0.2) is 0 Å². The fourth-order valence-corrected chi connectivity index (χ4v) is 9.40. The number of hydrogen-bond donors (Lipinski definition) is 4. The molecule has 1 heterocycles. The molecule has 1 aliphatic heterocycles. The summed E-state index contributed by atoms with van der Waals surface area (Å²) in [5, 5.41) is 7.31. The Hall–Kier alpha value is -4.92. The van der Waals surface area contributed by atoms with Gasteiger partial charge in [-0.25, -0.2) is 4.21 Å². The van der Waals surface area contributed by atoms with Crippen LogP contribution in [-0.4, -0.2) is 145 Å². The summed E-state index contributed by atoms with van der Waals surface area (Å²) in [6, 6.07) is 11.4. The summed E-state index contributed by atoms with van der Waals surface area (Å²) in [4.78, 5) is 84.9. The molecule has 368 valence electrons. The number of hydrogen-bond acceptors (Lipinski definition) is 10. The number of benzene rings is 2. The number of halogens is 3. The van der Waals surface area contributed by atoms with Gasteiger partial charge in [0.1, 0.15) is 17.0 Å². The second kappa shape index (κ2) is 25.8. The van der Waals surface area contributed by atoms with Gasteiger partial charge in [0.05, 0.1) is 55.0 Å². The summed E-state index contributed by atoms with van der Waals surface area (Å²) in [6.07, 6.45) is -4.78. The van der Waals surface area contributed by atoms with E-state index in [0.717, 1.165) is 0 Å². The molecule has 0 radical (unpaired) electrons. The Bertz CT molecular complexity index is 1950. The van der Waals surface area contributed by atoms with Crippen LogP contribution < -0.4 is 20.7 Å². The van der Waals surface area contributed by atoms with Gasteiger partial charge >= 0.3 is 12.1 Å². The third-order valence-corrected chi connectivity index (χ3v) is 13.1. The molecule has 0 aromatic heterocycles. The van der Waals surface area contributed by atoms with Crippen LogP contribution in [0.4, 0.5) is 18.9 Å². The van der Waals surface area contributed by atoms with Crippen molar-refractivity contribution in [2.45, 2.75) is 115 Å². The van der Waals surface area contributed by atoms with Crippen molar-refractivity contribution in [3.8, 4) is 0 Å². The van der Waals surface area contributed by atoms with E-state index >= 15 is 0 Å². The maximum absolute atomic E-state index is 14.2. The fraction of sp³-hybridized carbons (Fsp3) is 0.609. The van der Waals surface area contributed by atoms with Crippen LogP contribution in [0, 0.1) is 17.8 Å². The minimum atomic E-state index is -5.07. The van der Waals surface area contributed by atoms with Gasteiger partial charge in [-0.1, -0.05) is 83.5 Å². The first-order valence-electron chi connectivity index (χ1n) is 22.1. The molecule has 0 aliphatic carbocycles. The maximum Gasteiger partial charge on any atom is 0.471 e. The number of amides is 6. The van der Waals surface area contributed by atoms with Crippen molar-refractivity contribution >= 4 is 52.1 Å². The summed E-state index contributed by atoms with van der Waals surface area (Å²) in [5.41, 5.74) is 0.970. The molecule has 6 amide bonds. The van der Waals surface area contributed by atoms with E-state index < -0.39 is 77.2 Å². The van der Waals surface area contributed by atoms with Crippen molar-refractivity contribution in [3.05, 3.63) is 65.7 Å². The third-order valence-electron chi connectivity index (χ3n) is 12.1. The number of anilines is 1. The minimum Gasteiger partial charge on any atom is -0.379 e. The summed E-state index contributed by atoms with van der Waals surface area (Å²) >= 11 is 0. The van der Waals surface area contributed by atoms with E-state index in [0.29, 0.717) is 36.9 Å². The molecule has 0 saturated carbocycles. The first-order chi connectivity index (χ1) is 31.0. The Morgan fingerprint density at radius 1 is 0.879 bits per heavy atom. The number of ether oxygens (including phenoxy) is 2. The largest absolute Gasteiger partial charge is 0.471 e. The Balaban J connectivity index is 1.74. The fourth-order valence-electron chi connectivity index (χ4n) is 8.47. The Labute approximate surface area is 389 Å². The third kappa shape index (κ3) is 15.9. The first-order valence-corrected chi connectivity index (χ1v) is 23.4. The van der Waals surface area contributed by atoms with E-state index in [9.17, 15) is 46.1 Å². The van der Waals surface area contributed by atoms with Crippen LogP contribution in [0.15, 0.2) is 54.6 Å². The van der Waals surface area contributed by atoms with Crippen molar-refractivity contribution in [1.29, 1.82) is 0 Å². The van der Waals surface area contributed by atoms with Crippen molar-refractivity contribution in [2.24, 2.45) is 17.8 Å². The smallest absolute Gasteiger partial charge is 0.379 e. The van der Waals surface area contributed by atoms with E-state index in [1.807, 2.05) is 27.7 Å². The number of nitrogens with one attached hydrogen (secondary N) is 4. The molecule has 20 heteroatoms. The summed E-state index contributed by atoms with van der Waals surface area (Å²) < 4.78 is 65.4. The second-order valence-corrected chi connectivity index (χ2v) is 18.6. The maximum atomic E-state index is 14.2. The Morgan fingerprint density at radius 3 is 2.06 bits per heavy atom. The Morgan fingerprint density at radius 2 is 1.52 bits per heavy atom. The number of alkyl halides is 3. The van der Waals surface area contributed by atoms with Crippen LogP contribution in [0.2, 0.25) is 0 Å². The van der Waals surface area contributed by atoms with Gasteiger partial charge in [-0.05, 0) is 62.0 Å². The van der Waals surface area contributed by atoms with Gasteiger partial charge < -0.3 is 35.2 Å². The van der Waals surface area contributed by atoms with Gasteiger partial charge in [0.2, 0.25) is 23.6 Å². The standard InChI is InChI=1S/C46H68F3N7O9S/c1-11-29(4)40(55(8)38(58)26-50-44(61)39(28(2)3)54(6)7)36(64-9)25-37(57)56-23-15-18-35(56)41(65-10)30(5)42(59)52-34(24-31-16-13-12-14-17-31)43(60)53-66(63)27-32-19-21-33(22-20-32)51-45(62)46(47,48)49/h12-14,16-17,19-22,28-30,34-36,39-41H,11,15,18,23-27H2,1-10H3,(H,50,61)(H,51,62)(H,52,59)(H,53,60). The van der Waals surface area contributed by atoms with Crippen molar-refractivity contribution in [1.82, 2.24) is 30.1 Å². The lowest BCUT2D eigenvalue weighted by molar-refractivity contribution is -0.167. The molecule has 9 atom stereocenters. The first kappa shape index (κ1) is 55.4. The van der Waals surface area contributed by atoms with Gasteiger partial charge in [-0.2, -0.15) is 13.2 Å². The number of likely N-dealkylation sites (tertiary alicyclic amines) is 1. The van der Waals surface area contributed by atoms with Crippen LogP contribution in [0.25, 0.3) is 0 Å². The highest BCUT2D eigenvalue weighted by atomic mass is 32.2. The van der Waals surface area contributed by atoms with E-state index in [-0.39, 0.29) is 60.4 Å².